The van der Waals surface area contributed by atoms with Gasteiger partial charge in [-0.3, -0.25) is 18.6 Å². The van der Waals surface area contributed by atoms with Gasteiger partial charge in [-0.15, -0.1) is 21.5 Å². The molecule has 0 saturated heterocycles. The van der Waals surface area contributed by atoms with E-state index in [0.29, 0.717) is 28.1 Å². The summed E-state index contributed by atoms with van der Waals surface area (Å²) in [5.74, 6) is 1.08. The predicted octanol–water partition coefficient (Wildman–Crippen LogP) is 3.88. The number of anilines is 1. The molecule has 7 nitrogen and oxygen atoms in total. The number of rotatable bonds is 7. The largest absolute Gasteiger partial charge is 0.325 e. The van der Waals surface area contributed by atoms with Crippen molar-refractivity contribution in [1.82, 2.24) is 19.2 Å². The lowest BCUT2D eigenvalue weighted by molar-refractivity contribution is -0.113. The summed E-state index contributed by atoms with van der Waals surface area (Å²) in [4.78, 5) is 25.2. The minimum atomic E-state index is -0.118. The van der Waals surface area contributed by atoms with Crippen molar-refractivity contribution in [1.29, 1.82) is 0 Å². The highest BCUT2D eigenvalue weighted by atomic mass is 32.2. The average Bonchev–Trinajstić information content (AvgIpc) is 3.34. The third kappa shape index (κ3) is 4.06. The zero-order chi connectivity index (χ0) is 20.4. The molecule has 150 valence electrons. The van der Waals surface area contributed by atoms with Crippen molar-refractivity contribution in [3.8, 4) is 0 Å². The standard InChI is InChI=1S/C20H21N5O2S2/c1-13(2)8-10-24-18(27)17-15(9-11-28-17)25-19(24)22-23-20(25)29-12-16(26)21-14-6-4-3-5-7-14/h3-7,9,11,13H,8,10,12H2,1-2H3,(H,21,26). The number of nitrogens with zero attached hydrogens (tertiary/aromatic N) is 4. The number of thioether (sulfide) groups is 1. The molecular formula is C20H21N5O2S2. The Morgan fingerprint density at radius 3 is 2.76 bits per heavy atom. The highest BCUT2D eigenvalue weighted by Crippen LogP contribution is 2.24. The lowest BCUT2D eigenvalue weighted by Gasteiger charge is -2.10. The Balaban J connectivity index is 1.64. The summed E-state index contributed by atoms with van der Waals surface area (Å²) in [5, 5.41) is 13.9. The molecule has 1 aromatic carbocycles. The predicted molar refractivity (Wildman–Crippen MR) is 118 cm³/mol. The molecule has 1 N–H and O–H groups in total. The summed E-state index contributed by atoms with van der Waals surface area (Å²) in [5.41, 5.74) is 1.51. The monoisotopic (exact) mass is 427 g/mol. The zero-order valence-corrected chi connectivity index (χ0v) is 17.8. The first-order chi connectivity index (χ1) is 14.0. The topological polar surface area (TPSA) is 81.3 Å². The van der Waals surface area contributed by atoms with E-state index in [1.165, 1.54) is 23.1 Å². The maximum Gasteiger partial charge on any atom is 0.272 e. The van der Waals surface area contributed by atoms with Crippen LogP contribution in [0.15, 0.2) is 51.7 Å². The third-order valence-electron chi connectivity index (χ3n) is 4.50. The summed E-state index contributed by atoms with van der Waals surface area (Å²) in [6.07, 6.45) is 0.876. The number of nitrogens with one attached hydrogen (secondary N) is 1. The number of para-hydroxylation sites is 1. The molecule has 4 aromatic rings. The van der Waals surface area contributed by atoms with E-state index in [1.807, 2.05) is 46.2 Å². The summed E-state index contributed by atoms with van der Waals surface area (Å²) >= 11 is 2.72. The summed E-state index contributed by atoms with van der Waals surface area (Å²) in [6, 6.07) is 11.2. The van der Waals surface area contributed by atoms with E-state index in [4.69, 9.17) is 0 Å². The second-order valence-corrected chi connectivity index (χ2v) is 8.95. The van der Waals surface area contributed by atoms with Gasteiger partial charge in [0.05, 0.1) is 11.3 Å². The van der Waals surface area contributed by atoms with Crippen molar-refractivity contribution < 1.29 is 4.79 Å². The van der Waals surface area contributed by atoms with Crippen LogP contribution in [0.3, 0.4) is 0 Å². The molecule has 0 aliphatic rings. The Bertz CT molecular complexity index is 1210. The SMILES string of the molecule is CC(C)CCn1c(=O)c2sccc2n2c(SCC(=O)Nc3ccccc3)nnc12. The molecule has 3 aromatic heterocycles. The van der Waals surface area contributed by atoms with Crippen molar-refractivity contribution >= 4 is 50.7 Å². The van der Waals surface area contributed by atoms with Crippen LogP contribution in [0.25, 0.3) is 16.0 Å². The smallest absolute Gasteiger partial charge is 0.272 e. The van der Waals surface area contributed by atoms with Gasteiger partial charge in [0.25, 0.3) is 5.56 Å². The van der Waals surface area contributed by atoms with Crippen LogP contribution in [0.5, 0.6) is 0 Å². The molecule has 29 heavy (non-hydrogen) atoms. The molecular weight excluding hydrogens is 406 g/mol. The van der Waals surface area contributed by atoms with Gasteiger partial charge < -0.3 is 5.32 Å². The van der Waals surface area contributed by atoms with Crippen LogP contribution in [0.1, 0.15) is 20.3 Å². The number of hydrogen-bond donors (Lipinski definition) is 1. The Kier molecular flexibility index (Phi) is 5.68. The Labute approximate surface area is 175 Å². The van der Waals surface area contributed by atoms with Gasteiger partial charge in [-0.05, 0) is 35.9 Å². The molecule has 0 spiro atoms. The summed E-state index contributed by atoms with van der Waals surface area (Å²) in [7, 11) is 0. The van der Waals surface area contributed by atoms with Crippen molar-refractivity contribution in [3.63, 3.8) is 0 Å². The maximum atomic E-state index is 12.9. The first kappa shape index (κ1) is 19.7. The van der Waals surface area contributed by atoms with E-state index in [-0.39, 0.29) is 17.2 Å². The number of benzene rings is 1. The van der Waals surface area contributed by atoms with Crippen LogP contribution in [-0.4, -0.2) is 30.8 Å². The minimum Gasteiger partial charge on any atom is -0.325 e. The van der Waals surface area contributed by atoms with Gasteiger partial charge in [0.15, 0.2) is 5.16 Å². The van der Waals surface area contributed by atoms with Crippen LogP contribution in [0, 0.1) is 5.92 Å². The van der Waals surface area contributed by atoms with Crippen LogP contribution in [0.4, 0.5) is 5.69 Å². The van der Waals surface area contributed by atoms with Crippen molar-refractivity contribution in [2.75, 3.05) is 11.1 Å². The van der Waals surface area contributed by atoms with Crippen LogP contribution >= 0.6 is 23.1 Å². The fourth-order valence-electron chi connectivity index (χ4n) is 3.03. The third-order valence-corrected chi connectivity index (χ3v) is 6.32. The van der Waals surface area contributed by atoms with Crippen molar-refractivity contribution in [2.24, 2.45) is 5.92 Å². The zero-order valence-electron chi connectivity index (χ0n) is 16.2. The number of hydrogen-bond acceptors (Lipinski definition) is 6. The van der Waals surface area contributed by atoms with Gasteiger partial charge in [-0.25, -0.2) is 0 Å². The van der Waals surface area contributed by atoms with Gasteiger partial charge in [0, 0.05) is 12.2 Å². The lowest BCUT2D eigenvalue weighted by Crippen LogP contribution is -2.23. The number of amides is 1. The molecule has 1 amide bonds. The molecule has 0 atom stereocenters. The molecule has 0 fully saturated rings. The van der Waals surface area contributed by atoms with E-state index < -0.39 is 0 Å². The quantitative estimate of drug-likeness (QED) is 0.453. The van der Waals surface area contributed by atoms with Crippen LogP contribution < -0.4 is 10.9 Å². The first-order valence-electron chi connectivity index (χ1n) is 9.37. The highest BCUT2D eigenvalue weighted by Gasteiger charge is 2.18. The average molecular weight is 428 g/mol. The summed E-state index contributed by atoms with van der Waals surface area (Å²) in [6.45, 7) is 4.84. The van der Waals surface area contributed by atoms with E-state index >= 15 is 0 Å². The van der Waals surface area contributed by atoms with Gasteiger partial charge in [-0.1, -0.05) is 43.8 Å². The molecule has 4 rings (SSSR count). The van der Waals surface area contributed by atoms with E-state index in [9.17, 15) is 9.59 Å². The molecule has 0 radical (unpaired) electrons. The van der Waals surface area contributed by atoms with E-state index in [1.54, 1.807) is 4.57 Å². The molecule has 0 aliphatic carbocycles. The summed E-state index contributed by atoms with van der Waals surface area (Å²) < 4.78 is 4.25. The number of aromatic nitrogens is 4. The molecule has 0 saturated carbocycles. The van der Waals surface area contributed by atoms with Gasteiger partial charge in [0.2, 0.25) is 11.7 Å². The van der Waals surface area contributed by atoms with Crippen molar-refractivity contribution in [2.45, 2.75) is 32.0 Å². The van der Waals surface area contributed by atoms with Gasteiger partial charge >= 0.3 is 0 Å². The van der Waals surface area contributed by atoms with Gasteiger partial charge in [0.1, 0.15) is 4.70 Å². The Hall–Kier alpha value is -2.65. The second kappa shape index (κ2) is 8.38. The first-order valence-corrected chi connectivity index (χ1v) is 11.2. The molecule has 0 aliphatic heterocycles. The normalized spacial score (nSPS) is 11.6. The molecule has 0 bridgehead atoms. The number of fused-ring (bicyclic) bond motifs is 3. The van der Waals surface area contributed by atoms with Gasteiger partial charge in [-0.2, -0.15) is 0 Å². The molecule has 3 heterocycles. The highest BCUT2D eigenvalue weighted by molar-refractivity contribution is 7.99. The molecule has 9 heteroatoms. The number of aryl methyl sites for hydroxylation is 1. The lowest BCUT2D eigenvalue weighted by atomic mass is 10.1. The number of carbonyl (C=O) groups excluding carboxylic acids is 1. The molecule has 0 unspecified atom stereocenters. The van der Waals surface area contributed by atoms with Crippen LogP contribution in [-0.2, 0) is 11.3 Å². The van der Waals surface area contributed by atoms with E-state index in [0.717, 1.165) is 17.6 Å². The second-order valence-electron chi connectivity index (χ2n) is 7.10. The Morgan fingerprint density at radius 1 is 1.21 bits per heavy atom. The fourth-order valence-corrected chi connectivity index (χ4v) is 4.60. The Morgan fingerprint density at radius 2 is 2.00 bits per heavy atom. The van der Waals surface area contributed by atoms with Crippen molar-refractivity contribution in [3.05, 3.63) is 52.1 Å². The number of thiophene rings is 1. The van der Waals surface area contributed by atoms with E-state index in [2.05, 4.69) is 29.4 Å². The van der Waals surface area contributed by atoms with Crippen LogP contribution in [0.2, 0.25) is 0 Å². The fraction of sp³-hybridized carbons (Fsp3) is 0.300. The maximum absolute atomic E-state index is 12.9. The number of carbonyl (C=O) groups is 1. The minimum absolute atomic E-state index is 0.0334.